The Morgan fingerprint density at radius 3 is 2.80 bits per heavy atom. The highest BCUT2D eigenvalue weighted by Crippen LogP contribution is 2.40. The summed E-state index contributed by atoms with van der Waals surface area (Å²) in [5.74, 6) is 0. The van der Waals surface area contributed by atoms with Crippen LogP contribution < -0.4 is 0 Å². The zero-order valence-corrected chi connectivity index (χ0v) is 11.1. The standard InChI is InChI=1S/C11H15BrO2S/c1-14-11(4-2-5-11)10(13)7-9-8(12)3-6-15-9/h3,6,10,13H,2,4-5,7H2,1H3. The number of hydrogen-bond donors (Lipinski definition) is 1. The monoisotopic (exact) mass is 290 g/mol. The van der Waals surface area contributed by atoms with Gasteiger partial charge in [0.25, 0.3) is 0 Å². The molecule has 0 amide bonds. The van der Waals surface area contributed by atoms with E-state index in [1.54, 1.807) is 18.4 Å². The lowest BCUT2D eigenvalue weighted by atomic mass is 9.74. The number of methoxy groups -OCH3 is 1. The van der Waals surface area contributed by atoms with Crippen LogP contribution in [0.3, 0.4) is 0 Å². The Morgan fingerprint density at radius 1 is 1.67 bits per heavy atom. The normalized spacial score (nSPS) is 21.0. The summed E-state index contributed by atoms with van der Waals surface area (Å²) in [5, 5.41) is 12.2. The van der Waals surface area contributed by atoms with E-state index in [-0.39, 0.29) is 11.7 Å². The molecule has 0 aromatic carbocycles. The second-order valence-corrected chi connectivity index (χ2v) is 5.89. The molecule has 0 spiro atoms. The first kappa shape index (κ1) is 11.6. The van der Waals surface area contributed by atoms with Gasteiger partial charge in [0.2, 0.25) is 0 Å². The van der Waals surface area contributed by atoms with E-state index in [2.05, 4.69) is 15.9 Å². The molecular formula is C11H15BrO2S. The van der Waals surface area contributed by atoms with Crippen LogP contribution in [-0.2, 0) is 11.2 Å². The van der Waals surface area contributed by atoms with Crippen molar-refractivity contribution in [1.82, 2.24) is 0 Å². The van der Waals surface area contributed by atoms with Crippen LogP contribution in [0, 0.1) is 0 Å². The number of halogens is 1. The Labute approximate surface area is 102 Å². The molecule has 1 saturated carbocycles. The van der Waals surface area contributed by atoms with Crippen molar-refractivity contribution in [2.75, 3.05) is 7.11 Å². The summed E-state index contributed by atoms with van der Waals surface area (Å²) >= 11 is 5.16. The van der Waals surface area contributed by atoms with Gasteiger partial charge in [0.05, 0.1) is 11.7 Å². The third-order valence-electron chi connectivity index (χ3n) is 3.28. The Hall–Kier alpha value is 0.100. The minimum absolute atomic E-state index is 0.274. The van der Waals surface area contributed by atoms with Crippen molar-refractivity contribution >= 4 is 27.3 Å². The maximum Gasteiger partial charge on any atom is 0.0940 e. The molecule has 1 N–H and O–H groups in total. The summed E-state index contributed by atoms with van der Waals surface area (Å²) in [4.78, 5) is 1.20. The molecule has 15 heavy (non-hydrogen) atoms. The molecular weight excluding hydrogens is 276 g/mol. The van der Waals surface area contributed by atoms with Gasteiger partial charge in [0, 0.05) is 22.9 Å². The summed E-state index contributed by atoms with van der Waals surface area (Å²) in [6.07, 6.45) is 3.43. The average Bonchev–Trinajstić information content (AvgIpc) is 2.51. The van der Waals surface area contributed by atoms with Crippen molar-refractivity contribution in [2.24, 2.45) is 0 Å². The molecule has 0 radical (unpaired) electrons. The zero-order chi connectivity index (χ0) is 10.9. The Morgan fingerprint density at radius 2 is 2.40 bits per heavy atom. The molecule has 1 aromatic heterocycles. The van der Waals surface area contributed by atoms with Crippen LogP contribution in [0.25, 0.3) is 0 Å². The first-order valence-corrected chi connectivity index (χ1v) is 6.80. The van der Waals surface area contributed by atoms with Gasteiger partial charge in [0.15, 0.2) is 0 Å². The van der Waals surface area contributed by atoms with Crippen LogP contribution in [0.1, 0.15) is 24.1 Å². The van der Waals surface area contributed by atoms with E-state index >= 15 is 0 Å². The van der Waals surface area contributed by atoms with Crippen molar-refractivity contribution in [3.05, 3.63) is 20.8 Å². The molecule has 1 unspecified atom stereocenters. The van der Waals surface area contributed by atoms with E-state index < -0.39 is 0 Å². The lowest BCUT2D eigenvalue weighted by Gasteiger charge is -2.44. The molecule has 1 aromatic rings. The first-order valence-electron chi connectivity index (χ1n) is 5.13. The molecule has 1 fully saturated rings. The molecule has 2 nitrogen and oxygen atoms in total. The third kappa shape index (κ3) is 2.13. The van der Waals surface area contributed by atoms with E-state index in [0.29, 0.717) is 6.42 Å². The quantitative estimate of drug-likeness (QED) is 0.924. The zero-order valence-electron chi connectivity index (χ0n) is 8.70. The third-order valence-corrected chi connectivity index (χ3v) is 5.23. The smallest absolute Gasteiger partial charge is 0.0940 e. The van der Waals surface area contributed by atoms with Gasteiger partial charge in [-0.05, 0) is 46.6 Å². The largest absolute Gasteiger partial charge is 0.390 e. The van der Waals surface area contributed by atoms with Gasteiger partial charge < -0.3 is 9.84 Å². The fraction of sp³-hybridized carbons (Fsp3) is 0.636. The van der Waals surface area contributed by atoms with Crippen molar-refractivity contribution in [1.29, 1.82) is 0 Å². The van der Waals surface area contributed by atoms with E-state index in [9.17, 15) is 5.11 Å². The number of rotatable bonds is 4. The van der Waals surface area contributed by atoms with Crippen LogP contribution >= 0.6 is 27.3 Å². The molecule has 1 aliphatic rings. The number of aliphatic hydroxyl groups excluding tert-OH is 1. The maximum atomic E-state index is 10.2. The van der Waals surface area contributed by atoms with Crippen LogP contribution in [0.2, 0.25) is 0 Å². The van der Waals surface area contributed by atoms with Gasteiger partial charge in [0.1, 0.15) is 0 Å². The molecule has 0 aliphatic heterocycles. The highest BCUT2D eigenvalue weighted by Gasteiger charge is 2.43. The Bertz CT molecular complexity index is 328. The van der Waals surface area contributed by atoms with Gasteiger partial charge in [-0.25, -0.2) is 0 Å². The lowest BCUT2D eigenvalue weighted by molar-refractivity contribution is -0.148. The molecule has 84 valence electrons. The number of hydrogen-bond acceptors (Lipinski definition) is 3. The van der Waals surface area contributed by atoms with Crippen molar-refractivity contribution in [3.63, 3.8) is 0 Å². The van der Waals surface area contributed by atoms with Crippen LogP contribution in [0.5, 0.6) is 0 Å². The molecule has 4 heteroatoms. The molecule has 0 saturated heterocycles. The maximum absolute atomic E-state index is 10.2. The predicted octanol–water partition coefficient (Wildman–Crippen LogP) is 2.98. The number of thiophene rings is 1. The molecule has 1 atom stereocenters. The van der Waals surface area contributed by atoms with Crippen molar-refractivity contribution < 1.29 is 9.84 Å². The minimum Gasteiger partial charge on any atom is -0.390 e. The van der Waals surface area contributed by atoms with Crippen molar-refractivity contribution in [3.8, 4) is 0 Å². The average molecular weight is 291 g/mol. The summed E-state index contributed by atoms with van der Waals surface area (Å²) in [6, 6.07) is 2.02. The summed E-state index contributed by atoms with van der Waals surface area (Å²) in [6.45, 7) is 0. The lowest BCUT2D eigenvalue weighted by Crippen LogP contribution is -2.50. The molecule has 1 aliphatic carbocycles. The van der Waals surface area contributed by atoms with E-state index in [4.69, 9.17) is 4.74 Å². The fourth-order valence-corrected chi connectivity index (χ4v) is 3.58. The number of ether oxygens (including phenoxy) is 1. The van der Waals surface area contributed by atoms with Crippen molar-refractivity contribution in [2.45, 2.75) is 37.4 Å². The van der Waals surface area contributed by atoms with E-state index in [0.717, 1.165) is 23.7 Å². The van der Waals surface area contributed by atoms with Crippen LogP contribution in [0.4, 0.5) is 0 Å². The van der Waals surface area contributed by atoms with Gasteiger partial charge in [-0.3, -0.25) is 0 Å². The minimum atomic E-state index is -0.383. The van der Waals surface area contributed by atoms with Gasteiger partial charge in [-0.2, -0.15) is 0 Å². The second-order valence-electron chi connectivity index (χ2n) is 4.03. The molecule has 1 heterocycles. The summed E-state index contributed by atoms with van der Waals surface area (Å²) in [7, 11) is 1.70. The Balaban J connectivity index is 2.03. The topological polar surface area (TPSA) is 29.5 Å². The fourth-order valence-electron chi connectivity index (χ4n) is 2.03. The van der Waals surface area contributed by atoms with E-state index in [1.165, 1.54) is 4.88 Å². The SMILES string of the molecule is COC1(C(O)Cc2sccc2Br)CCC1. The Kier molecular flexibility index (Phi) is 3.50. The van der Waals surface area contributed by atoms with E-state index in [1.807, 2.05) is 11.4 Å². The van der Waals surface area contributed by atoms with Gasteiger partial charge >= 0.3 is 0 Å². The van der Waals surface area contributed by atoms with Gasteiger partial charge in [-0.15, -0.1) is 11.3 Å². The summed E-state index contributed by atoms with van der Waals surface area (Å²) < 4.78 is 6.56. The highest BCUT2D eigenvalue weighted by atomic mass is 79.9. The molecule has 2 rings (SSSR count). The first-order chi connectivity index (χ1) is 7.18. The highest BCUT2D eigenvalue weighted by molar-refractivity contribution is 9.10. The van der Waals surface area contributed by atoms with Crippen LogP contribution in [0.15, 0.2) is 15.9 Å². The molecule has 0 bridgehead atoms. The predicted molar refractivity (Wildman–Crippen MR) is 65.3 cm³/mol. The summed E-state index contributed by atoms with van der Waals surface area (Å²) in [5.41, 5.74) is -0.274. The van der Waals surface area contributed by atoms with Gasteiger partial charge in [-0.1, -0.05) is 0 Å². The number of aliphatic hydroxyl groups is 1. The second kappa shape index (κ2) is 4.53. The van der Waals surface area contributed by atoms with Crippen LogP contribution in [-0.4, -0.2) is 23.9 Å².